The Morgan fingerprint density at radius 1 is 1.54 bits per heavy atom. The molecule has 0 aliphatic rings. The van der Waals surface area contributed by atoms with Crippen LogP contribution in [-0.2, 0) is 6.54 Å². The fourth-order valence-electron chi connectivity index (χ4n) is 1.12. The van der Waals surface area contributed by atoms with Crippen LogP contribution in [0.3, 0.4) is 0 Å². The van der Waals surface area contributed by atoms with Gasteiger partial charge in [-0.05, 0) is 29.4 Å². The minimum atomic E-state index is -0.653. The third-order valence-electron chi connectivity index (χ3n) is 1.87. The molecule has 4 heteroatoms. The fourth-order valence-corrected chi connectivity index (χ4v) is 1.12. The van der Waals surface area contributed by atoms with Gasteiger partial charge in [-0.1, -0.05) is 0 Å². The molecule has 0 atom stereocenters. The highest BCUT2D eigenvalue weighted by Gasteiger charge is 2.12. The summed E-state index contributed by atoms with van der Waals surface area (Å²) >= 11 is 0. The number of phenolic OH excluding ortho intramolecular Hbond substituents is 1. The van der Waals surface area contributed by atoms with Crippen LogP contribution in [0.4, 0.5) is 4.39 Å². The van der Waals surface area contributed by atoms with Crippen LogP contribution in [0.2, 0.25) is 0 Å². The summed E-state index contributed by atoms with van der Waals surface area (Å²) < 4.78 is 13.8. The Morgan fingerprint density at radius 3 is 2.69 bits per heavy atom. The summed E-state index contributed by atoms with van der Waals surface area (Å²) in [4.78, 5) is 10.7. The number of phenols is 1. The number of aromatic hydroxyl groups is 1. The Labute approximate surface area is 75.4 Å². The van der Waals surface area contributed by atoms with E-state index in [0.717, 1.165) is 0 Å². The van der Waals surface area contributed by atoms with Gasteiger partial charge in [0.2, 0.25) is 6.54 Å². The second-order valence-electron chi connectivity index (χ2n) is 2.97. The molecule has 0 bridgehead atoms. The summed E-state index contributed by atoms with van der Waals surface area (Å²) in [6.07, 6.45) is 0. The Morgan fingerprint density at radius 2 is 2.15 bits per heavy atom. The van der Waals surface area contributed by atoms with Crippen molar-refractivity contribution in [3.05, 3.63) is 34.0 Å². The highest BCUT2D eigenvalue weighted by molar-refractivity contribution is 5.35. The normalized spacial score (nSPS) is 10.1. The second kappa shape index (κ2) is 3.51. The lowest BCUT2D eigenvalue weighted by Gasteiger charge is -2.02. The molecule has 0 unspecified atom stereocenters. The smallest absolute Gasteiger partial charge is 0.217 e. The minimum absolute atomic E-state index is 0.128. The summed E-state index contributed by atoms with van der Waals surface area (Å²) in [5.74, 6) is -1.03. The first-order valence-corrected chi connectivity index (χ1v) is 3.87. The molecular formula is C9H11FNO2+. The minimum Gasteiger partial charge on any atom is -0.505 e. The van der Waals surface area contributed by atoms with Gasteiger partial charge in [0, 0.05) is 10.5 Å². The Hall–Kier alpha value is -1.45. The van der Waals surface area contributed by atoms with Gasteiger partial charge >= 0.3 is 0 Å². The molecular weight excluding hydrogens is 173 g/mol. The van der Waals surface area contributed by atoms with E-state index in [9.17, 15) is 9.30 Å². The standard InChI is InChI=1S/C9H10FNO2/c1-6-7(5-11(2)13)3-4-8(12)9(6)10/h3-4H,5H2,1-2H3/p+1. The predicted octanol–water partition coefficient (Wildman–Crippen LogP) is 1.75. The molecule has 1 N–H and O–H groups in total. The van der Waals surface area contributed by atoms with E-state index in [-0.39, 0.29) is 12.3 Å². The van der Waals surface area contributed by atoms with E-state index < -0.39 is 5.82 Å². The molecule has 0 saturated heterocycles. The lowest BCUT2D eigenvalue weighted by atomic mass is 10.1. The zero-order valence-corrected chi connectivity index (χ0v) is 7.54. The highest BCUT2D eigenvalue weighted by Crippen LogP contribution is 2.21. The molecule has 0 fully saturated rings. The van der Waals surface area contributed by atoms with Crippen LogP contribution in [0.15, 0.2) is 12.1 Å². The quantitative estimate of drug-likeness (QED) is 0.711. The fraction of sp³-hybridized carbons (Fsp3) is 0.333. The summed E-state index contributed by atoms with van der Waals surface area (Å²) in [6, 6.07) is 2.79. The zero-order chi connectivity index (χ0) is 10.0. The molecule has 70 valence electrons. The van der Waals surface area contributed by atoms with Crippen LogP contribution >= 0.6 is 0 Å². The molecule has 0 spiro atoms. The van der Waals surface area contributed by atoms with Gasteiger partial charge < -0.3 is 5.11 Å². The SMILES string of the molecule is Cc1c(C[N+](C)=O)ccc(O)c1F. The molecule has 1 rings (SSSR count). The van der Waals surface area contributed by atoms with Crippen LogP contribution in [0.1, 0.15) is 11.1 Å². The molecule has 0 aliphatic carbocycles. The van der Waals surface area contributed by atoms with E-state index >= 15 is 0 Å². The topological polar surface area (TPSA) is 40.3 Å². The summed E-state index contributed by atoms with van der Waals surface area (Å²) in [7, 11) is 1.37. The van der Waals surface area contributed by atoms with Crippen LogP contribution in [0.5, 0.6) is 5.75 Å². The molecule has 0 radical (unpaired) electrons. The summed E-state index contributed by atoms with van der Waals surface area (Å²) in [5.41, 5.74) is 0.913. The van der Waals surface area contributed by atoms with Crippen molar-refractivity contribution in [1.29, 1.82) is 0 Å². The van der Waals surface area contributed by atoms with Crippen LogP contribution in [0, 0.1) is 17.6 Å². The lowest BCUT2D eigenvalue weighted by molar-refractivity contribution is -0.535. The van der Waals surface area contributed by atoms with Gasteiger partial charge in [0.1, 0.15) is 0 Å². The molecule has 1 aromatic carbocycles. The van der Waals surface area contributed by atoms with Crippen LogP contribution < -0.4 is 0 Å². The Balaban J connectivity index is 3.10. The lowest BCUT2D eigenvalue weighted by Crippen LogP contribution is -2.03. The van der Waals surface area contributed by atoms with Crippen molar-refractivity contribution in [3.8, 4) is 5.75 Å². The molecule has 0 saturated carbocycles. The average Bonchev–Trinajstić information content (AvgIpc) is 2.06. The summed E-state index contributed by atoms with van der Waals surface area (Å²) in [5, 5.41) is 8.99. The third kappa shape index (κ3) is 2.02. The van der Waals surface area contributed by atoms with Gasteiger partial charge in [-0.15, -0.1) is 0 Å². The van der Waals surface area contributed by atoms with E-state index in [4.69, 9.17) is 5.11 Å². The molecule has 13 heavy (non-hydrogen) atoms. The van der Waals surface area contributed by atoms with Crippen LogP contribution in [0.25, 0.3) is 0 Å². The second-order valence-corrected chi connectivity index (χ2v) is 2.97. The number of halogens is 1. The van der Waals surface area contributed by atoms with Gasteiger partial charge in [-0.3, -0.25) is 0 Å². The van der Waals surface area contributed by atoms with Crippen molar-refractivity contribution in [2.24, 2.45) is 0 Å². The Kier molecular flexibility index (Phi) is 2.60. The van der Waals surface area contributed by atoms with Gasteiger partial charge in [-0.2, -0.15) is 0 Å². The van der Waals surface area contributed by atoms with Crippen molar-refractivity contribution >= 4 is 0 Å². The number of hydrogen-bond acceptors (Lipinski definition) is 2. The highest BCUT2D eigenvalue weighted by atomic mass is 19.1. The van der Waals surface area contributed by atoms with Gasteiger partial charge in [0.25, 0.3) is 0 Å². The van der Waals surface area contributed by atoms with E-state index in [0.29, 0.717) is 15.9 Å². The number of hydrogen-bond donors (Lipinski definition) is 1. The van der Waals surface area contributed by atoms with Gasteiger partial charge in [0.05, 0.1) is 0 Å². The Bertz CT molecular complexity index is 350. The summed E-state index contributed by atoms with van der Waals surface area (Å²) in [6.45, 7) is 1.66. The molecule has 0 heterocycles. The van der Waals surface area contributed by atoms with Gasteiger partial charge in [0.15, 0.2) is 18.6 Å². The number of rotatable bonds is 2. The van der Waals surface area contributed by atoms with Crippen molar-refractivity contribution < 1.29 is 14.3 Å². The predicted molar refractivity (Wildman–Crippen MR) is 46.1 cm³/mol. The molecule has 1 aromatic rings. The third-order valence-corrected chi connectivity index (χ3v) is 1.87. The maximum absolute atomic E-state index is 13.1. The first kappa shape index (κ1) is 9.64. The largest absolute Gasteiger partial charge is 0.505 e. The van der Waals surface area contributed by atoms with Crippen molar-refractivity contribution in [2.75, 3.05) is 7.05 Å². The van der Waals surface area contributed by atoms with E-state index in [1.807, 2.05) is 0 Å². The average molecular weight is 184 g/mol. The monoisotopic (exact) mass is 184 g/mol. The molecule has 3 nitrogen and oxygen atoms in total. The zero-order valence-electron chi connectivity index (χ0n) is 7.54. The van der Waals surface area contributed by atoms with E-state index in [1.54, 1.807) is 6.07 Å². The maximum Gasteiger partial charge on any atom is 0.217 e. The van der Waals surface area contributed by atoms with Crippen molar-refractivity contribution in [1.82, 2.24) is 0 Å². The number of nitrogens with zero attached hydrogens (tertiary/aromatic N) is 1. The molecule has 0 amide bonds. The van der Waals surface area contributed by atoms with Crippen molar-refractivity contribution in [2.45, 2.75) is 13.5 Å². The van der Waals surface area contributed by atoms with E-state index in [1.165, 1.54) is 20.0 Å². The first-order chi connectivity index (χ1) is 6.02. The van der Waals surface area contributed by atoms with E-state index in [2.05, 4.69) is 0 Å². The molecule has 0 aliphatic heterocycles. The van der Waals surface area contributed by atoms with Crippen molar-refractivity contribution in [3.63, 3.8) is 0 Å². The number of nitroso groups, excluding NO2 is 1. The maximum atomic E-state index is 13.1. The number of benzene rings is 1. The van der Waals surface area contributed by atoms with Crippen LogP contribution in [-0.4, -0.2) is 16.9 Å². The molecule has 0 aromatic heterocycles. The first-order valence-electron chi connectivity index (χ1n) is 3.87. The van der Waals surface area contributed by atoms with Gasteiger partial charge in [-0.25, -0.2) is 4.39 Å².